The molecule has 0 aliphatic heterocycles. The van der Waals surface area contributed by atoms with Gasteiger partial charge in [-0.05, 0) is 48.6 Å². The van der Waals surface area contributed by atoms with Gasteiger partial charge >= 0.3 is 0 Å². The molecule has 2 N–H and O–H groups in total. The number of nitrogens with two attached hydrogens (primary N) is 1. The van der Waals surface area contributed by atoms with E-state index in [9.17, 15) is 4.79 Å². The number of aryl methyl sites for hydroxylation is 1. The Hall–Kier alpha value is -3.92. The van der Waals surface area contributed by atoms with Gasteiger partial charge < -0.3 is 10.6 Å². The van der Waals surface area contributed by atoms with Crippen LogP contribution in [0.3, 0.4) is 0 Å². The summed E-state index contributed by atoms with van der Waals surface area (Å²) in [4.78, 5) is 24.1. The lowest BCUT2D eigenvalue weighted by atomic mass is 9.98. The molecule has 1 aromatic carbocycles. The maximum absolute atomic E-state index is 13.5. The first-order valence-corrected chi connectivity index (χ1v) is 10.2. The van der Waals surface area contributed by atoms with E-state index in [4.69, 9.17) is 12.2 Å². The van der Waals surface area contributed by atoms with Crippen LogP contribution in [0, 0.1) is 12.3 Å². The summed E-state index contributed by atoms with van der Waals surface area (Å²) in [7, 11) is 3.66. The number of benzene rings is 1. The molecular formula is C24H22N6O. The van der Waals surface area contributed by atoms with Crippen molar-refractivity contribution in [3.05, 3.63) is 59.0 Å². The standard InChI is InChI=1S/C24H22N6O/c1-4-14-5-8-16(26-11-14)13-29(2)24(31)18-9-19-21(10-17(18)15-6-7-15)28-23(25)20-12-27-30(3)22(19)20/h1,5,8-12,15H,6-7,13H2,2-3H3,(H2,25,28). The van der Waals surface area contributed by atoms with Gasteiger partial charge in [-0.15, -0.1) is 6.42 Å². The fourth-order valence-electron chi connectivity index (χ4n) is 4.06. The molecule has 1 saturated carbocycles. The summed E-state index contributed by atoms with van der Waals surface area (Å²) in [5.74, 6) is 3.35. The van der Waals surface area contributed by atoms with Crippen molar-refractivity contribution in [3.63, 3.8) is 0 Å². The third-order valence-electron chi connectivity index (χ3n) is 5.86. The van der Waals surface area contributed by atoms with E-state index in [-0.39, 0.29) is 5.91 Å². The van der Waals surface area contributed by atoms with E-state index in [0.29, 0.717) is 23.8 Å². The summed E-state index contributed by atoms with van der Waals surface area (Å²) in [6, 6.07) is 7.67. The highest BCUT2D eigenvalue weighted by Gasteiger charge is 2.30. The quantitative estimate of drug-likeness (QED) is 0.522. The van der Waals surface area contributed by atoms with Crippen molar-refractivity contribution >= 4 is 33.5 Å². The van der Waals surface area contributed by atoms with Crippen LogP contribution in [0.1, 0.15) is 45.9 Å². The van der Waals surface area contributed by atoms with Crippen LogP contribution >= 0.6 is 0 Å². The van der Waals surface area contributed by atoms with Crippen LogP contribution in [0.2, 0.25) is 0 Å². The third-order valence-corrected chi connectivity index (χ3v) is 5.86. The van der Waals surface area contributed by atoms with Gasteiger partial charge in [0.15, 0.2) is 0 Å². The predicted octanol–water partition coefficient (Wildman–Crippen LogP) is 3.23. The van der Waals surface area contributed by atoms with Gasteiger partial charge in [0.05, 0.1) is 34.9 Å². The van der Waals surface area contributed by atoms with Gasteiger partial charge in [-0.25, -0.2) is 4.98 Å². The summed E-state index contributed by atoms with van der Waals surface area (Å²) in [5.41, 5.74) is 11.1. The molecule has 1 amide bonds. The lowest BCUT2D eigenvalue weighted by Crippen LogP contribution is -2.27. The van der Waals surface area contributed by atoms with Crippen molar-refractivity contribution in [2.24, 2.45) is 7.05 Å². The highest BCUT2D eigenvalue weighted by Crippen LogP contribution is 2.44. The first-order chi connectivity index (χ1) is 15.0. The SMILES string of the molecule is C#Cc1ccc(CN(C)C(=O)c2cc3c(cc2C2CC2)nc(N)c2cnn(C)c23)nc1. The fraction of sp³-hybridized carbons (Fsp3) is 0.250. The Kier molecular flexibility index (Phi) is 4.36. The smallest absolute Gasteiger partial charge is 0.254 e. The molecule has 0 saturated heterocycles. The summed E-state index contributed by atoms with van der Waals surface area (Å²) < 4.78 is 1.78. The second kappa shape index (κ2) is 7.10. The van der Waals surface area contributed by atoms with E-state index in [1.54, 1.807) is 29.0 Å². The molecular weight excluding hydrogens is 388 g/mol. The molecule has 5 rings (SSSR count). The van der Waals surface area contributed by atoms with Crippen molar-refractivity contribution < 1.29 is 4.79 Å². The molecule has 0 unspecified atom stereocenters. The monoisotopic (exact) mass is 410 g/mol. The number of amides is 1. The summed E-state index contributed by atoms with van der Waals surface area (Å²) in [6.45, 7) is 0.396. The summed E-state index contributed by atoms with van der Waals surface area (Å²) in [6.07, 6.45) is 10.9. The van der Waals surface area contributed by atoms with Crippen molar-refractivity contribution in [1.82, 2.24) is 24.6 Å². The number of fused-ring (bicyclic) bond motifs is 3. The van der Waals surface area contributed by atoms with Crippen LogP contribution in [0.5, 0.6) is 0 Å². The number of hydrogen-bond donors (Lipinski definition) is 1. The van der Waals surface area contributed by atoms with E-state index in [0.717, 1.165) is 51.5 Å². The van der Waals surface area contributed by atoms with Crippen LogP contribution in [0.25, 0.3) is 21.8 Å². The molecule has 1 fully saturated rings. The number of aromatic nitrogens is 4. The van der Waals surface area contributed by atoms with Crippen LogP contribution in [-0.4, -0.2) is 37.6 Å². The number of pyridine rings is 2. The number of hydrogen-bond acceptors (Lipinski definition) is 5. The van der Waals surface area contributed by atoms with Crippen LogP contribution in [0.4, 0.5) is 5.82 Å². The van der Waals surface area contributed by atoms with Crippen molar-refractivity contribution in [3.8, 4) is 12.3 Å². The largest absolute Gasteiger partial charge is 0.383 e. The molecule has 0 radical (unpaired) electrons. The number of carbonyl (C=O) groups is 1. The predicted molar refractivity (Wildman–Crippen MR) is 120 cm³/mol. The Morgan fingerprint density at radius 3 is 2.77 bits per heavy atom. The summed E-state index contributed by atoms with van der Waals surface area (Å²) in [5, 5.41) is 6.00. The zero-order valence-corrected chi connectivity index (χ0v) is 17.5. The van der Waals surface area contributed by atoms with E-state index in [1.807, 2.05) is 31.3 Å². The van der Waals surface area contributed by atoms with Gasteiger partial charge in [0.25, 0.3) is 5.91 Å². The lowest BCUT2D eigenvalue weighted by molar-refractivity contribution is 0.0782. The molecule has 31 heavy (non-hydrogen) atoms. The molecule has 3 heterocycles. The maximum atomic E-state index is 13.5. The number of anilines is 1. The summed E-state index contributed by atoms with van der Waals surface area (Å²) >= 11 is 0. The van der Waals surface area contributed by atoms with E-state index >= 15 is 0 Å². The molecule has 7 heteroatoms. The lowest BCUT2D eigenvalue weighted by Gasteiger charge is -2.20. The van der Waals surface area contributed by atoms with Crippen molar-refractivity contribution in [2.45, 2.75) is 25.3 Å². The number of carbonyl (C=O) groups excluding carboxylic acids is 1. The highest BCUT2D eigenvalue weighted by molar-refractivity contribution is 6.10. The van der Waals surface area contributed by atoms with Crippen molar-refractivity contribution in [1.29, 1.82) is 0 Å². The van der Waals surface area contributed by atoms with E-state index < -0.39 is 0 Å². The van der Waals surface area contributed by atoms with Crippen LogP contribution in [-0.2, 0) is 13.6 Å². The second-order valence-electron chi connectivity index (χ2n) is 8.10. The van der Waals surface area contributed by atoms with Gasteiger partial charge in [-0.3, -0.25) is 14.5 Å². The van der Waals surface area contributed by atoms with E-state index in [1.165, 1.54) is 0 Å². The minimum Gasteiger partial charge on any atom is -0.383 e. The Labute approximate surface area is 179 Å². The second-order valence-corrected chi connectivity index (χ2v) is 8.10. The Balaban J connectivity index is 1.58. The minimum atomic E-state index is -0.0428. The molecule has 3 aromatic heterocycles. The molecule has 0 bridgehead atoms. The number of rotatable bonds is 4. The molecule has 0 atom stereocenters. The Morgan fingerprint density at radius 2 is 2.10 bits per heavy atom. The molecule has 0 spiro atoms. The van der Waals surface area contributed by atoms with Crippen molar-refractivity contribution in [2.75, 3.05) is 12.8 Å². The zero-order valence-electron chi connectivity index (χ0n) is 17.5. The maximum Gasteiger partial charge on any atom is 0.254 e. The minimum absolute atomic E-state index is 0.0428. The van der Waals surface area contributed by atoms with Gasteiger partial charge in [-0.1, -0.05) is 5.92 Å². The Morgan fingerprint density at radius 1 is 1.29 bits per heavy atom. The highest BCUT2D eigenvalue weighted by atomic mass is 16.2. The zero-order chi connectivity index (χ0) is 21.7. The number of terminal acetylenes is 1. The molecule has 7 nitrogen and oxygen atoms in total. The third kappa shape index (κ3) is 3.26. The Bertz CT molecular complexity index is 1380. The average molecular weight is 410 g/mol. The fourth-order valence-corrected chi connectivity index (χ4v) is 4.06. The van der Waals surface area contributed by atoms with Gasteiger partial charge in [0, 0.05) is 36.8 Å². The van der Waals surface area contributed by atoms with Crippen LogP contribution < -0.4 is 5.73 Å². The normalized spacial score (nSPS) is 13.5. The first kappa shape index (κ1) is 19.1. The average Bonchev–Trinajstić information content (AvgIpc) is 3.55. The molecule has 1 aliphatic rings. The van der Waals surface area contributed by atoms with E-state index in [2.05, 4.69) is 21.0 Å². The van der Waals surface area contributed by atoms with Gasteiger partial charge in [-0.2, -0.15) is 5.10 Å². The first-order valence-electron chi connectivity index (χ1n) is 10.2. The van der Waals surface area contributed by atoms with Gasteiger partial charge in [0.1, 0.15) is 5.82 Å². The van der Waals surface area contributed by atoms with Crippen LogP contribution in [0.15, 0.2) is 36.7 Å². The molecule has 154 valence electrons. The topological polar surface area (TPSA) is 89.9 Å². The number of nitrogens with zero attached hydrogens (tertiary/aromatic N) is 5. The molecule has 4 aromatic rings. The number of nitrogen functional groups attached to an aromatic ring is 1. The van der Waals surface area contributed by atoms with Gasteiger partial charge in [0.2, 0.25) is 0 Å². The molecule has 1 aliphatic carbocycles.